The number of alkyl halides is 10. The van der Waals surface area contributed by atoms with Gasteiger partial charge < -0.3 is 0 Å². The minimum absolute atomic E-state index is 0.331. The zero-order valence-electron chi connectivity index (χ0n) is 7.86. The second-order valence-electron chi connectivity index (χ2n) is 3.72. The molecular formula is C7H4F10. The molecule has 102 valence electrons. The molecule has 1 fully saturated rings. The Hall–Kier alpha value is -0.700. The molecule has 1 aliphatic carbocycles. The van der Waals surface area contributed by atoms with E-state index in [1.807, 2.05) is 0 Å². The Labute approximate surface area is 87.6 Å². The van der Waals surface area contributed by atoms with Crippen LogP contribution in [0.15, 0.2) is 0 Å². The van der Waals surface area contributed by atoms with E-state index in [1.165, 1.54) is 0 Å². The van der Waals surface area contributed by atoms with Gasteiger partial charge in [-0.2, -0.15) is 43.9 Å². The highest BCUT2D eigenvalue weighted by atomic mass is 19.4. The van der Waals surface area contributed by atoms with Crippen molar-refractivity contribution in [1.29, 1.82) is 0 Å². The molecule has 0 aromatic rings. The summed E-state index contributed by atoms with van der Waals surface area (Å²) in [5.41, 5.74) is -5.37. The van der Waals surface area contributed by atoms with Crippen LogP contribution in [0.3, 0.4) is 0 Å². The van der Waals surface area contributed by atoms with Gasteiger partial charge in [-0.15, -0.1) is 0 Å². The normalized spacial score (nSPS) is 27.7. The van der Waals surface area contributed by atoms with Crippen LogP contribution in [0.1, 0.15) is 6.92 Å². The fourth-order valence-corrected chi connectivity index (χ4v) is 1.83. The second-order valence-corrected chi connectivity index (χ2v) is 3.72. The van der Waals surface area contributed by atoms with E-state index in [9.17, 15) is 43.9 Å². The van der Waals surface area contributed by atoms with Crippen molar-refractivity contribution in [1.82, 2.24) is 0 Å². The van der Waals surface area contributed by atoms with Crippen molar-refractivity contribution in [2.75, 3.05) is 0 Å². The van der Waals surface area contributed by atoms with Crippen LogP contribution in [0.4, 0.5) is 43.9 Å². The Kier molecular flexibility index (Phi) is 2.53. The molecule has 1 saturated carbocycles. The molecule has 1 aliphatic rings. The van der Waals surface area contributed by atoms with E-state index in [4.69, 9.17) is 0 Å². The first-order valence-corrected chi connectivity index (χ1v) is 4.04. The zero-order chi connectivity index (χ0) is 14.1. The van der Waals surface area contributed by atoms with Gasteiger partial charge in [0.05, 0.1) is 5.92 Å². The van der Waals surface area contributed by atoms with Crippen molar-refractivity contribution >= 4 is 0 Å². The third-order valence-corrected chi connectivity index (χ3v) is 2.91. The number of halogens is 10. The van der Waals surface area contributed by atoms with E-state index in [-0.39, 0.29) is 6.92 Å². The fraction of sp³-hybridized carbons (Fsp3) is 1.00. The lowest BCUT2D eigenvalue weighted by Crippen LogP contribution is -2.44. The number of hydrogen-bond acceptors (Lipinski definition) is 0. The van der Waals surface area contributed by atoms with Crippen LogP contribution in [-0.4, -0.2) is 24.2 Å². The molecule has 1 unspecified atom stereocenters. The topological polar surface area (TPSA) is 0 Å². The Balaban J connectivity index is 3.39. The first-order valence-electron chi connectivity index (χ1n) is 4.04. The zero-order valence-corrected chi connectivity index (χ0v) is 7.86. The summed E-state index contributed by atoms with van der Waals surface area (Å²) in [6.07, 6.45) is -12.2. The Morgan fingerprint density at radius 2 is 1.06 bits per heavy atom. The monoisotopic (exact) mass is 278 g/mol. The lowest BCUT2D eigenvalue weighted by Gasteiger charge is -2.27. The minimum Gasteiger partial charge on any atom is -0.199 e. The van der Waals surface area contributed by atoms with Gasteiger partial charge in [0.1, 0.15) is 0 Å². The molecule has 0 aromatic heterocycles. The summed E-state index contributed by atoms with van der Waals surface area (Å²) < 4.78 is 123. The predicted molar refractivity (Wildman–Crippen MR) is 33.6 cm³/mol. The highest BCUT2D eigenvalue weighted by Gasteiger charge is 3.07. The molecule has 0 aromatic carbocycles. The van der Waals surface area contributed by atoms with Crippen molar-refractivity contribution in [3.05, 3.63) is 0 Å². The molecule has 10 heteroatoms. The van der Waals surface area contributed by atoms with E-state index < -0.39 is 35.5 Å². The van der Waals surface area contributed by atoms with E-state index in [1.54, 1.807) is 0 Å². The molecule has 0 radical (unpaired) electrons. The van der Waals surface area contributed by atoms with Gasteiger partial charge in [-0.05, 0) is 0 Å². The molecule has 0 saturated heterocycles. The molecule has 1 rings (SSSR count). The van der Waals surface area contributed by atoms with E-state index in [2.05, 4.69) is 0 Å². The van der Waals surface area contributed by atoms with E-state index in [0.717, 1.165) is 0 Å². The molecule has 0 N–H and O–H groups in total. The molecular weight excluding hydrogens is 274 g/mol. The highest BCUT2D eigenvalue weighted by molar-refractivity contribution is 5.31. The second kappa shape index (κ2) is 3.00. The van der Waals surface area contributed by atoms with Gasteiger partial charge >= 0.3 is 24.2 Å². The molecule has 17 heavy (non-hydrogen) atoms. The quantitative estimate of drug-likeness (QED) is 0.635. The van der Waals surface area contributed by atoms with Gasteiger partial charge in [-0.1, -0.05) is 6.92 Å². The van der Waals surface area contributed by atoms with E-state index in [0.29, 0.717) is 0 Å². The third-order valence-electron chi connectivity index (χ3n) is 2.91. The van der Waals surface area contributed by atoms with Gasteiger partial charge in [0, 0.05) is 0 Å². The third kappa shape index (κ3) is 1.32. The van der Waals surface area contributed by atoms with Gasteiger partial charge in [0.15, 0.2) is 0 Å². The predicted octanol–water partition coefficient (Wildman–Crippen LogP) is 4.02. The van der Waals surface area contributed by atoms with Crippen LogP contribution in [0.5, 0.6) is 0 Å². The van der Waals surface area contributed by atoms with Crippen LogP contribution < -0.4 is 0 Å². The average Bonchev–Trinajstić information content (AvgIpc) is 2.34. The Morgan fingerprint density at radius 3 is 1.12 bits per heavy atom. The highest BCUT2D eigenvalue weighted by Crippen LogP contribution is 2.82. The summed E-state index contributed by atoms with van der Waals surface area (Å²) in [6.45, 7) is -0.331. The molecule has 0 aliphatic heterocycles. The van der Waals surface area contributed by atoms with Crippen molar-refractivity contribution in [3.63, 3.8) is 0 Å². The largest absolute Gasteiger partial charge is 0.407 e. The summed E-state index contributed by atoms with van der Waals surface area (Å²) in [5.74, 6) is -15.4. The standard InChI is InChI=1S/C7H4F10/c1-2(4(8,9)10)3(7(15,16)17)5(11,12)6(3,13)14/h2H,1H3. The van der Waals surface area contributed by atoms with Gasteiger partial charge in [-0.3, -0.25) is 0 Å². The maximum absolute atomic E-state index is 12.5. The maximum Gasteiger partial charge on any atom is 0.407 e. The average molecular weight is 278 g/mol. The molecule has 0 heterocycles. The lowest BCUT2D eigenvalue weighted by molar-refractivity contribution is -0.290. The minimum atomic E-state index is -6.37. The van der Waals surface area contributed by atoms with Crippen LogP contribution in [0, 0.1) is 11.3 Å². The van der Waals surface area contributed by atoms with Crippen LogP contribution in [-0.2, 0) is 0 Å². The van der Waals surface area contributed by atoms with Crippen LogP contribution >= 0.6 is 0 Å². The molecule has 1 atom stereocenters. The summed E-state index contributed by atoms with van der Waals surface area (Å²) in [4.78, 5) is 0. The fourth-order valence-electron chi connectivity index (χ4n) is 1.83. The molecule has 0 bridgehead atoms. The smallest absolute Gasteiger partial charge is 0.199 e. The molecule has 0 amide bonds. The maximum atomic E-state index is 12.5. The molecule has 0 nitrogen and oxygen atoms in total. The van der Waals surface area contributed by atoms with Crippen molar-refractivity contribution in [2.45, 2.75) is 31.1 Å². The van der Waals surface area contributed by atoms with Crippen molar-refractivity contribution < 1.29 is 43.9 Å². The summed E-state index contributed by atoms with van der Waals surface area (Å²) >= 11 is 0. The Bertz CT molecular complexity index is 307. The number of rotatable bonds is 1. The molecule has 0 spiro atoms. The van der Waals surface area contributed by atoms with Crippen LogP contribution in [0.2, 0.25) is 0 Å². The summed E-state index contributed by atoms with van der Waals surface area (Å²) in [5, 5.41) is 0. The first kappa shape index (κ1) is 14.4. The van der Waals surface area contributed by atoms with Crippen molar-refractivity contribution in [2.24, 2.45) is 11.3 Å². The Morgan fingerprint density at radius 1 is 0.765 bits per heavy atom. The van der Waals surface area contributed by atoms with Crippen LogP contribution in [0.25, 0.3) is 0 Å². The van der Waals surface area contributed by atoms with Gasteiger partial charge in [-0.25, -0.2) is 0 Å². The van der Waals surface area contributed by atoms with Gasteiger partial charge in [0.2, 0.25) is 5.41 Å². The van der Waals surface area contributed by atoms with Crippen molar-refractivity contribution in [3.8, 4) is 0 Å². The summed E-state index contributed by atoms with van der Waals surface area (Å²) in [7, 11) is 0. The van der Waals surface area contributed by atoms with Gasteiger partial charge in [0.25, 0.3) is 0 Å². The van der Waals surface area contributed by atoms with E-state index >= 15 is 0 Å². The lowest BCUT2D eigenvalue weighted by atomic mass is 9.88. The number of hydrogen-bond donors (Lipinski definition) is 0. The first-order chi connectivity index (χ1) is 7.15. The SMILES string of the molecule is CC(C(F)(F)F)C1(C(F)(F)F)C(F)(F)C1(F)F. The summed E-state index contributed by atoms with van der Waals surface area (Å²) in [6, 6.07) is 0.